The Morgan fingerprint density at radius 2 is 1.83 bits per heavy atom. The number of hydrogen-bond donors (Lipinski definition) is 0. The van der Waals surface area contributed by atoms with Crippen molar-refractivity contribution in [2.75, 3.05) is 27.5 Å². The molecular formula is C6H14NO4P. The number of rotatable bonds is 5. The molecule has 0 aromatic rings. The Labute approximate surface area is 72.2 Å². The standard InChI is InChI=1S/C6H14NO4P/c1-6(7-9-2)5-12(8,10-3)11-4/h5H2,1-4H3. The van der Waals surface area contributed by atoms with Gasteiger partial charge in [0.05, 0.1) is 11.9 Å². The van der Waals surface area contributed by atoms with E-state index in [2.05, 4.69) is 9.99 Å². The molecule has 0 bridgehead atoms. The Hall–Kier alpha value is -0.380. The van der Waals surface area contributed by atoms with Gasteiger partial charge in [-0.1, -0.05) is 5.16 Å². The Kier molecular flexibility index (Phi) is 5.13. The summed E-state index contributed by atoms with van der Waals surface area (Å²) < 4.78 is 20.9. The highest BCUT2D eigenvalue weighted by molar-refractivity contribution is 7.54. The van der Waals surface area contributed by atoms with Gasteiger partial charge < -0.3 is 13.9 Å². The van der Waals surface area contributed by atoms with Crippen LogP contribution >= 0.6 is 7.60 Å². The van der Waals surface area contributed by atoms with Gasteiger partial charge in [0.25, 0.3) is 0 Å². The van der Waals surface area contributed by atoms with Gasteiger partial charge in [0.1, 0.15) is 7.11 Å². The minimum atomic E-state index is -2.98. The summed E-state index contributed by atoms with van der Waals surface area (Å²) in [7, 11) is 1.12. The van der Waals surface area contributed by atoms with Gasteiger partial charge in [-0.3, -0.25) is 4.57 Å². The third-order valence-electron chi connectivity index (χ3n) is 1.23. The monoisotopic (exact) mass is 195 g/mol. The Morgan fingerprint density at radius 3 is 2.17 bits per heavy atom. The molecule has 0 aromatic carbocycles. The van der Waals surface area contributed by atoms with Gasteiger partial charge in [0.15, 0.2) is 0 Å². The van der Waals surface area contributed by atoms with E-state index >= 15 is 0 Å². The normalized spacial score (nSPS) is 13.2. The summed E-state index contributed by atoms with van der Waals surface area (Å²) >= 11 is 0. The highest BCUT2D eigenvalue weighted by Gasteiger charge is 2.22. The molecule has 0 heterocycles. The predicted molar refractivity (Wildman–Crippen MR) is 46.6 cm³/mol. The van der Waals surface area contributed by atoms with Crippen LogP contribution in [0.1, 0.15) is 6.92 Å². The minimum absolute atomic E-state index is 0.147. The first-order valence-electron chi connectivity index (χ1n) is 3.35. The molecule has 0 N–H and O–H groups in total. The minimum Gasteiger partial charge on any atom is -0.399 e. The molecule has 5 nitrogen and oxygen atoms in total. The molecule has 12 heavy (non-hydrogen) atoms. The molecule has 0 amide bonds. The SMILES string of the molecule is CON=C(C)CP(=O)(OC)OC. The van der Waals surface area contributed by atoms with E-state index in [-0.39, 0.29) is 6.16 Å². The maximum Gasteiger partial charge on any atom is 0.335 e. The lowest BCUT2D eigenvalue weighted by Gasteiger charge is -2.12. The van der Waals surface area contributed by atoms with Crippen LogP contribution in [0.4, 0.5) is 0 Å². The van der Waals surface area contributed by atoms with Gasteiger partial charge >= 0.3 is 7.60 Å². The predicted octanol–water partition coefficient (Wildman–Crippen LogP) is 1.49. The van der Waals surface area contributed by atoms with Crippen molar-refractivity contribution in [3.63, 3.8) is 0 Å². The van der Waals surface area contributed by atoms with Crippen molar-refractivity contribution < 1.29 is 18.5 Å². The zero-order valence-corrected chi connectivity index (χ0v) is 8.63. The molecular weight excluding hydrogens is 181 g/mol. The fourth-order valence-electron chi connectivity index (χ4n) is 0.669. The quantitative estimate of drug-likeness (QED) is 0.379. The van der Waals surface area contributed by atoms with E-state index < -0.39 is 7.60 Å². The van der Waals surface area contributed by atoms with Crippen molar-refractivity contribution in [1.29, 1.82) is 0 Å². The molecule has 0 aliphatic rings. The van der Waals surface area contributed by atoms with Crippen LogP contribution in [0.2, 0.25) is 0 Å². The first-order chi connectivity index (χ1) is 5.58. The van der Waals surface area contributed by atoms with E-state index in [1.165, 1.54) is 21.3 Å². The van der Waals surface area contributed by atoms with E-state index in [0.717, 1.165) is 0 Å². The molecule has 0 aromatic heterocycles. The number of oxime groups is 1. The molecule has 0 aliphatic heterocycles. The first kappa shape index (κ1) is 11.6. The lowest BCUT2D eigenvalue weighted by Crippen LogP contribution is -2.04. The van der Waals surface area contributed by atoms with E-state index in [1.54, 1.807) is 6.92 Å². The molecule has 0 fully saturated rings. The van der Waals surface area contributed by atoms with Crippen molar-refractivity contribution in [1.82, 2.24) is 0 Å². The highest BCUT2D eigenvalue weighted by atomic mass is 31.2. The van der Waals surface area contributed by atoms with Crippen LogP contribution in [0.5, 0.6) is 0 Å². The molecule has 0 spiro atoms. The van der Waals surface area contributed by atoms with Crippen molar-refractivity contribution in [2.45, 2.75) is 6.92 Å². The zero-order valence-electron chi connectivity index (χ0n) is 7.73. The van der Waals surface area contributed by atoms with Crippen molar-refractivity contribution >= 4 is 13.3 Å². The molecule has 0 aliphatic carbocycles. The molecule has 0 atom stereocenters. The fraction of sp³-hybridized carbons (Fsp3) is 0.833. The average Bonchev–Trinajstić information content (AvgIpc) is 2.05. The summed E-state index contributed by atoms with van der Waals surface area (Å²) in [5, 5.41) is 3.59. The number of hydrogen-bond acceptors (Lipinski definition) is 5. The van der Waals surface area contributed by atoms with Crippen molar-refractivity contribution in [3.05, 3.63) is 0 Å². The lowest BCUT2D eigenvalue weighted by atomic mass is 10.5. The third kappa shape index (κ3) is 3.85. The van der Waals surface area contributed by atoms with Crippen molar-refractivity contribution in [3.8, 4) is 0 Å². The second kappa shape index (κ2) is 5.30. The van der Waals surface area contributed by atoms with Gasteiger partial charge in [0.2, 0.25) is 0 Å². The molecule has 0 saturated carbocycles. The fourth-order valence-corrected chi connectivity index (χ4v) is 1.69. The van der Waals surface area contributed by atoms with E-state index in [9.17, 15) is 4.57 Å². The van der Waals surface area contributed by atoms with Gasteiger partial charge in [0, 0.05) is 14.2 Å². The largest absolute Gasteiger partial charge is 0.399 e. The summed E-state index contributed by atoms with van der Waals surface area (Å²) in [5.41, 5.74) is 0.574. The second-order valence-electron chi connectivity index (χ2n) is 2.14. The second-order valence-corrected chi connectivity index (χ2v) is 4.41. The maximum absolute atomic E-state index is 11.5. The van der Waals surface area contributed by atoms with Crippen molar-refractivity contribution in [2.24, 2.45) is 5.16 Å². The first-order valence-corrected chi connectivity index (χ1v) is 5.08. The molecule has 6 heteroatoms. The van der Waals surface area contributed by atoms with Crippen LogP contribution < -0.4 is 0 Å². The van der Waals surface area contributed by atoms with Crippen LogP contribution in [0.15, 0.2) is 5.16 Å². The molecule has 0 saturated heterocycles. The zero-order chi connectivity index (χ0) is 9.61. The summed E-state index contributed by atoms with van der Waals surface area (Å²) in [6.45, 7) is 1.69. The summed E-state index contributed by atoms with van der Waals surface area (Å²) in [5.74, 6) is 0. The summed E-state index contributed by atoms with van der Waals surface area (Å²) in [6.07, 6.45) is 0.147. The van der Waals surface area contributed by atoms with Crippen LogP contribution in [-0.4, -0.2) is 33.2 Å². The molecule has 72 valence electrons. The van der Waals surface area contributed by atoms with Gasteiger partial charge in [-0.05, 0) is 6.92 Å². The van der Waals surface area contributed by atoms with E-state index in [0.29, 0.717) is 5.71 Å². The van der Waals surface area contributed by atoms with Crippen LogP contribution in [0, 0.1) is 0 Å². The molecule has 0 rings (SSSR count). The summed E-state index contributed by atoms with van der Waals surface area (Å²) in [4.78, 5) is 4.49. The molecule has 0 radical (unpaired) electrons. The smallest absolute Gasteiger partial charge is 0.335 e. The van der Waals surface area contributed by atoms with E-state index in [4.69, 9.17) is 9.05 Å². The Morgan fingerprint density at radius 1 is 1.33 bits per heavy atom. The van der Waals surface area contributed by atoms with Crippen LogP contribution in [0.3, 0.4) is 0 Å². The maximum atomic E-state index is 11.5. The van der Waals surface area contributed by atoms with Gasteiger partial charge in [-0.25, -0.2) is 0 Å². The Balaban J connectivity index is 4.22. The summed E-state index contributed by atoms with van der Waals surface area (Å²) in [6, 6.07) is 0. The third-order valence-corrected chi connectivity index (χ3v) is 3.18. The highest BCUT2D eigenvalue weighted by Crippen LogP contribution is 2.46. The van der Waals surface area contributed by atoms with Gasteiger partial charge in [-0.15, -0.1) is 0 Å². The van der Waals surface area contributed by atoms with Crippen LogP contribution in [0.25, 0.3) is 0 Å². The van der Waals surface area contributed by atoms with E-state index in [1.807, 2.05) is 0 Å². The topological polar surface area (TPSA) is 57.1 Å². The molecule has 0 unspecified atom stereocenters. The Bertz CT molecular complexity index is 196. The van der Waals surface area contributed by atoms with Crippen LogP contribution in [-0.2, 0) is 18.5 Å². The lowest BCUT2D eigenvalue weighted by molar-refractivity contribution is 0.212. The number of nitrogens with zero attached hydrogens (tertiary/aromatic N) is 1. The average molecular weight is 195 g/mol. The van der Waals surface area contributed by atoms with Gasteiger partial charge in [-0.2, -0.15) is 0 Å².